The molecule has 0 spiro atoms. The summed E-state index contributed by atoms with van der Waals surface area (Å²) < 4.78 is 11.0. The number of likely N-dealkylation sites (tertiary alicyclic amines) is 1. The number of rotatable bonds is 5. The van der Waals surface area contributed by atoms with Gasteiger partial charge in [0, 0.05) is 6.04 Å². The molecule has 0 radical (unpaired) electrons. The number of hydrogen-bond donors (Lipinski definition) is 0. The van der Waals surface area contributed by atoms with E-state index in [1.54, 1.807) is 0 Å². The zero-order valence-electron chi connectivity index (χ0n) is 17.6. The van der Waals surface area contributed by atoms with E-state index in [0.717, 1.165) is 51.9 Å². The average molecular weight is 402 g/mol. The molecule has 3 heterocycles. The maximum absolute atomic E-state index is 13.3. The Labute approximate surface area is 170 Å². The van der Waals surface area contributed by atoms with Crippen LogP contribution in [0.2, 0.25) is 13.1 Å². The number of piperidine rings is 2. The highest BCUT2D eigenvalue weighted by atomic mass is 28.3. The van der Waals surface area contributed by atoms with Crippen LogP contribution in [0.4, 0.5) is 0 Å². The molecule has 1 aromatic rings. The maximum Gasteiger partial charge on any atom is 0.232 e. The lowest BCUT2D eigenvalue weighted by Gasteiger charge is -2.44. The summed E-state index contributed by atoms with van der Waals surface area (Å²) in [6.45, 7) is 9.49. The lowest BCUT2D eigenvalue weighted by molar-refractivity contribution is -0.131. The maximum atomic E-state index is 13.3. The molecule has 1 aromatic carbocycles. The predicted molar refractivity (Wildman–Crippen MR) is 114 cm³/mol. The molecular formula is C22H35N3O2Si. The highest BCUT2D eigenvalue weighted by Gasteiger charge is 2.56. The van der Waals surface area contributed by atoms with Gasteiger partial charge < -0.3 is 14.2 Å². The summed E-state index contributed by atoms with van der Waals surface area (Å²) in [5, 5.41) is 0. The van der Waals surface area contributed by atoms with Crippen molar-refractivity contribution in [1.29, 1.82) is 0 Å². The van der Waals surface area contributed by atoms with Gasteiger partial charge in [0.1, 0.15) is 0 Å². The van der Waals surface area contributed by atoms with E-state index in [0.29, 0.717) is 24.5 Å². The van der Waals surface area contributed by atoms with Crippen LogP contribution in [0.25, 0.3) is 0 Å². The first-order valence-corrected chi connectivity index (χ1v) is 13.8. The molecule has 0 unspecified atom stereocenters. The first-order chi connectivity index (χ1) is 13.5. The third-order valence-corrected chi connectivity index (χ3v) is 10.7. The molecule has 0 saturated carbocycles. The highest BCUT2D eigenvalue weighted by Crippen LogP contribution is 2.39. The third-order valence-electron chi connectivity index (χ3n) is 7.01. The molecule has 5 nitrogen and oxygen atoms in total. The second-order valence-electron chi connectivity index (χ2n) is 9.35. The van der Waals surface area contributed by atoms with Gasteiger partial charge in [-0.25, -0.2) is 0 Å². The van der Waals surface area contributed by atoms with E-state index >= 15 is 0 Å². The van der Waals surface area contributed by atoms with Gasteiger partial charge >= 0.3 is 0 Å². The van der Waals surface area contributed by atoms with Crippen LogP contribution in [0.1, 0.15) is 31.2 Å². The van der Waals surface area contributed by atoms with Crippen molar-refractivity contribution in [2.75, 3.05) is 33.3 Å². The third kappa shape index (κ3) is 3.92. The first kappa shape index (κ1) is 20.1. The van der Waals surface area contributed by atoms with Gasteiger partial charge in [-0.1, -0.05) is 30.3 Å². The number of ether oxygens (including phenoxy) is 1. The van der Waals surface area contributed by atoms with Gasteiger partial charge in [0.15, 0.2) is 0 Å². The normalized spacial score (nSPS) is 29.2. The van der Waals surface area contributed by atoms with Gasteiger partial charge in [0.2, 0.25) is 14.3 Å². The standard InChI is InChI=1S/C22H35N3O2Si/c1-23-13-11-20(12-14-23)25-22(26)21-10-9-19(15-24(21)28(25,2)3)17-27-16-18-7-5-4-6-8-18/h4-8,19-21H,9-17H2,1-3H3/t19-,21+/m1/s1. The Morgan fingerprint density at radius 2 is 1.79 bits per heavy atom. The molecule has 0 aromatic heterocycles. The molecular weight excluding hydrogens is 366 g/mol. The molecule has 28 heavy (non-hydrogen) atoms. The van der Waals surface area contributed by atoms with E-state index in [1.165, 1.54) is 5.56 Å². The van der Waals surface area contributed by atoms with Crippen LogP contribution in [0.3, 0.4) is 0 Å². The molecule has 0 aliphatic carbocycles. The minimum Gasteiger partial charge on any atom is -0.376 e. The van der Waals surface area contributed by atoms with Gasteiger partial charge in [-0.05, 0) is 76.9 Å². The van der Waals surface area contributed by atoms with Crippen molar-refractivity contribution in [3.8, 4) is 0 Å². The molecule has 6 heteroatoms. The summed E-state index contributed by atoms with van der Waals surface area (Å²) in [5.74, 6) is 0.965. The van der Waals surface area contributed by atoms with Crippen molar-refractivity contribution in [3.63, 3.8) is 0 Å². The SMILES string of the molecule is CN1CCC(N2C(=O)[C@@H]3CC[C@@H](COCc4ccccc4)CN3[Si]2(C)C)CC1. The van der Waals surface area contributed by atoms with Crippen molar-refractivity contribution in [2.24, 2.45) is 5.92 Å². The van der Waals surface area contributed by atoms with Crippen molar-refractivity contribution in [1.82, 2.24) is 14.0 Å². The van der Waals surface area contributed by atoms with Crippen molar-refractivity contribution in [3.05, 3.63) is 35.9 Å². The summed E-state index contributed by atoms with van der Waals surface area (Å²) in [4.78, 5) is 15.7. The number of fused-ring (bicyclic) bond motifs is 1. The number of carbonyl (C=O) groups excluding carboxylic acids is 1. The Bertz CT molecular complexity index is 676. The van der Waals surface area contributed by atoms with Gasteiger partial charge in [-0.3, -0.25) is 9.36 Å². The zero-order valence-corrected chi connectivity index (χ0v) is 18.6. The predicted octanol–water partition coefficient (Wildman–Crippen LogP) is 2.92. The average Bonchev–Trinajstić information content (AvgIpc) is 2.89. The highest BCUT2D eigenvalue weighted by molar-refractivity contribution is 6.76. The smallest absolute Gasteiger partial charge is 0.232 e. The largest absolute Gasteiger partial charge is 0.376 e. The van der Waals surface area contributed by atoms with Gasteiger partial charge in [0.05, 0.1) is 19.3 Å². The first-order valence-electron chi connectivity index (χ1n) is 10.9. The number of hydrogen-bond acceptors (Lipinski definition) is 4. The van der Waals surface area contributed by atoms with E-state index in [4.69, 9.17) is 4.74 Å². The topological polar surface area (TPSA) is 36.0 Å². The number of benzene rings is 1. The van der Waals surface area contributed by atoms with Gasteiger partial charge in [-0.2, -0.15) is 0 Å². The minimum absolute atomic E-state index is 0.131. The second kappa shape index (κ2) is 8.26. The molecule has 154 valence electrons. The van der Waals surface area contributed by atoms with Gasteiger partial charge in [-0.15, -0.1) is 0 Å². The quantitative estimate of drug-likeness (QED) is 0.711. The Morgan fingerprint density at radius 3 is 2.50 bits per heavy atom. The van der Waals surface area contributed by atoms with Gasteiger partial charge in [0.25, 0.3) is 0 Å². The lowest BCUT2D eigenvalue weighted by atomic mass is 9.94. The van der Waals surface area contributed by atoms with Crippen molar-refractivity contribution < 1.29 is 9.53 Å². The zero-order chi connectivity index (χ0) is 19.7. The lowest BCUT2D eigenvalue weighted by Crippen LogP contribution is -2.61. The summed E-state index contributed by atoms with van der Waals surface area (Å²) in [7, 11) is 0.282. The number of carbonyl (C=O) groups is 1. The van der Waals surface area contributed by atoms with Crippen molar-refractivity contribution >= 4 is 14.3 Å². The molecule has 3 saturated heterocycles. The number of nitrogens with zero attached hydrogens (tertiary/aromatic N) is 3. The monoisotopic (exact) mass is 401 g/mol. The van der Waals surface area contributed by atoms with Crippen LogP contribution in [-0.4, -0.2) is 73.7 Å². The van der Waals surface area contributed by atoms with Crippen LogP contribution >= 0.6 is 0 Å². The van der Waals surface area contributed by atoms with Crippen LogP contribution < -0.4 is 0 Å². The molecule has 0 bridgehead atoms. The molecule has 0 N–H and O–H groups in total. The molecule has 2 atom stereocenters. The summed E-state index contributed by atoms with van der Waals surface area (Å²) >= 11 is 0. The molecule has 3 fully saturated rings. The Kier molecular flexibility index (Phi) is 5.92. The fraction of sp³-hybridized carbons (Fsp3) is 0.682. The Hall–Kier alpha value is -1.21. The second-order valence-corrected chi connectivity index (χ2v) is 13.4. The molecule has 1 amide bonds. The minimum atomic E-state index is -1.91. The Balaban J connectivity index is 1.37. The van der Waals surface area contributed by atoms with E-state index < -0.39 is 8.40 Å². The van der Waals surface area contributed by atoms with E-state index in [-0.39, 0.29) is 6.04 Å². The van der Waals surface area contributed by atoms with Crippen LogP contribution in [0.15, 0.2) is 30.3 Å². The summed E-state index contributed by atoms with van der Waals surface area (Å²) in [6.07, 6.45) is 4.36. The van der Waals surface area contributed by atoms with E-state index in [9.17, 15) is 4.79 Å². The fourth-order valence-corrected chi connectivity index (χ4v) is 9.23. The van der Waals surface area contributed by atoms with Crippen LogP contribution in [0.5, 0.6) is 0 Å². The molecule has 3 aliphatic rings. The van der Waals surface area contributed by atoms with Crippen LogP contribution in [-0.2, 0) is 16.1 Å². The summed E-state index contributed by atoms with van der Waals surface area (Å²) in [6, 6.07) is 11.0. The van der Waals surface area contributed by atoms with Crippen LogP contribution in [0, 0.1) is 5.92 Å². The van der Waals surface area contributed by atoms with E-state index in [1.807, 2.05) is 6.07 Å². The molecule has 3 aliphatic heterocycles. The summed E-state index contributed by atoms with van der Waals surface area (Å²) in [5.41, 5.74) is 1.23. The molecule has 4 rings (SSSR count). The van der Waals surface area contributed by atoms with E-state index in [2.05, 4.69) is 58.4 Å². The Morgan fingerprint density at radius 1 is 1.07 bits per heavy atom. The van der Waals surface area contributed by atoms with Crippen molar-refractivity contribution in [2.45, 2.75) is 57.5 Å². The number of amides is 1. The fourth-order valence-electron chi connectivity index (χ4n) is 5.41.